The molecule has 0 radical (unpaired) electrons. The number of aromatic nitrogens is 1. The zero-order valence-corrected chi connectivity index (χ0v) is 11.7. The minimum absolute atomic E-state index is 0.487. The molecule has 2 atom stereocenters. The van der Waals surface area contributed by atoms with Gasteiger partial charge in [0.2, 0.25) is 0 Å². The minimum atomic E-state index is 0.487. The van der Waals surface area contributed by atoms with Crippen molar-refractivity contribution in [1.82, 2.24) is 4.98 Å². The highest BCUT2D eigenvalue weighted by Crippen LogP contribution is 2.38. The van der Waals surface area contributed by atoms with Crippen molar-refractivity contribution in [2.24, 2.45) is 5.92 Å². The Morgan fingerprint density at radius 1 is 1.21 bits per heavy atom. The predicted molar refractivity (Wildman–Crippen MR) is 78.7 cm³/mol. The van der Waals surface area contributed by atoms with Gasteiger partial charge in [-0.15, -0.1) is 0 Å². The molecular weight excluding hydrogens is 256 g/mol. The molecule has 1 aliphatic carbocycles. The fraction of sp³-hybridized carbons (Fsp3) is 0.533. The Morgan fingerprint density at radius 2 is 2.11 bits per heavy atom. The lowest BCUT2D eigenvalue weighted by atomic mass is 10.0. The first-order valence-electron chi connectivity index (χ1n) is 7.12. The lowest BCUT2D eigenvalue weighted by Crippen LogP contribution is -2.35. The standard InChI is InChI=1S/C15H18N2OS/c1-2-4-14-12(3-1)17-15(19-14)16-11-7-8-18-13(9-11)10-5-6-10/h1-4,10-11,13H,5-9H2,(H,16,17). The molecule has 1 aromatic heterocycles. The molecule has 0 spiro atoms. The molecule has 19 heavy (non-hydrogen) atoms. The first kappa shape index (κ1) is 11.7. The van der Waals surface area contributed by atoms with E-state index in [2.05, 4.69) is 28.5 Å². The number of benzene rings is 1. The Hall–Kier alpha value is -1.13. The second kappa shape index (κ2) is 4.76. The number of ether oxygens (including phenoxy) is 1. The van der Waals surface area contributed by atoms with Crippen molar-refractivity contribution in [1.29, 1.82) is 0 Å². The Labute approximate surface area is 117 Å². The number of nitrogens with zero attached hydrogens (tertiary/aromatic N) is 1. The summed E-state index contributed by atoms with van der Waals surface area (Å²) < 4.78 is 7.13. The summed E-state index contributed by atoms with van der Waals surface area (Å²) in [6.07, 6.45) is 5.44. The third-order valence-electron chi connectivity index (χ3n) is 4.08. The zero-order valence-electron chi connectivity index (χ0n) is 10.8. The summed E-state index contributed by atoms with van der Waals surface area (Å²) in [6.45, 7) is 0.893. The molecule has 1 aromatic carbocycles. The molecule has 100 valence electrons. The van der Waals surface area contributed by atoms with E-state index in [1.807, 2.05) is 6.07 Å². The van der Waals surface area contributed by atoms with Crippen LogP contribution in [0, 0.1) is 5.92 Å². The molecule has 1 saturated heterocycles. The quantitative estimate of drug-likeness (QED) is 0.927. The maximum atomic E-state index is 5.87. The molecule has 0 amide bonds. The number of rotatable bonds is 3. The van der Waals surface area contributed by atoms with Crippen LogP contribution in [0.1, 0.15) is 25.7 Å². The van der Waals surface area contributed by atoms with Crippen molar-refractivity contribution < 1.29 is 4.74 Å². The second-order valence-electron chi connectivity index (χ2n) is 5.60. The summed E-state index contributed by atoms with van der Waals surface area (Å²) in [5.41, 5.74) is 1.10. The highest BCUT2D eigenvalue weighted by molar-refractivity contribution is 7.22. The van der Waals surface area contributed by atoms with Crippen LogP contribution in [0.4, 0.5) is 5.13 Å². The van der Waals surface area contributed by atoms with E-state index >= 15 is 0 Å². The van der Waals surface area contributed by atoms with Gasteiger partial charge in [0.25, 0.3) is 0 Å². The Bertz CT molecular complexity index is 545. The van der Waals surface area contributed by atoms with Gasteiger partial charge in [-0.2, -0.15) is 0 Å². The minimum Gasteiger partial charge on any atom is -0.378 e. The molecule has 1 saturated carbocycles. The van der Waals surface area contributed by atoms with Gasteiger partial charge in [-0.3, -0.25) is 0 Å². The largest absolute Gasteiger partial charge is 0.378 e. The normalized spacial score (nSPS) is 27.6. The average Bonchev–Trinajstić information content (AvgIpc) is 3.20. The van der Waals surface area contributed by atoms with E-state index in [1.165, 1.54) is 17.5 Å². The molecule has 2 aliphatic rings. The van der Waals surface area contributed by atoms with E-state index in [1.54, 1.807) is 11.3 Å². The molecule has 3 nitrogen and oxygen atoms in total. The van der Waals surface area contributed by atoms with E-state index in [0.29, 0.717) is 12.1 Å². The SMILES string of the molecule is c1ccc2sc(NC3CCOC(C4CC4)C3)nc2c1. The van der Waals surface area contributed by atoms with Gasteiger partial charge in [-0.1, -0.05) is 23.5 Å². The summed E-state index contributed by atoms with van der Waals surface area (Å²) >= 11 is 1.75. The maximum Gasteiger partial charge on any atom is 0.184 e. The van der Waals surface area contributed by atoms with Gasteiger partial charge in [0.05, 0.1) is 16.3 Å². The van der Waals surface area contributed by atoms with Crippen LogP contribution in [0.5, 0.6) is 0 Å². The van der Waals surface area contributed by atoms with Crippen molar-refractivity contribution in [3.05, 3.63) is 24.3 Å². The highest BCUT2D eigenvalue weighted by Gasteiger charge is 2.35. The summed E-state index contributed by atoms with van der Waals surface area (Å²) in [4.78, 5) is 4.66. The van der Waals surface area contributed by atoms with Gasteiger partial charge in [0.1, 0.15) is 0 Å². The van der Waals surface area contributed by atoms with Crippen LogP contribution in [0.25, 0.3) is 10.2 Å². The second-order valence-corrected chi connectivity index (χ2v) is 6.63. The van der Waals surface area contributed by atoms with Gasteiger partial charge in [-0.05, 0) is 43.7 Å². The van der Waals surface area contributed by atoms with Crippen molar-refractivity contribution in [3.63, 3.8) is 0 Å². The third kappa shape index (κ3) is 2.47. The fourth-order valence-corrected chi connectivity index (χ4v) is 3.81. The number of anilines is 1. The molecule has 1 aliphatic heterocycles. The molecule has 2 unspecified atom stereocenters. The smallest absolute Gasteiger partial charge is 0.184 e. The predicted octanol–water partition coefficient (Wildman–Crippen LogP) is 3.67. The van der Waals surface area contributed by atoms with E-state index < -0.39 is 0 Å². The van der Waals surface area contributed by atoms with Crippen molar-refractivity contribution in [2.45, 2.75) is 37.8 Å². The van der Waals surface area contributed by atoms with E-state index in [-0.39, 0.29) is 0 Å². The van der Waals surface area contributed by atoms with Crippen molar-refractivity contribution >= 4 is 26.7 Å². The van der Waals surface area contributed by atoms with E-state index in [4.69, 9.17) is 4.74 Å². The van der Waals surface area contributed by atoms with Gasteiger partial charge < -0.3 is 10.1 Å². The number of para-hydroxylation sites is 1. The van der Waals surface area contributed by atoms with E-state index in [0.717, 1.165) is 36.0 Å². The van der Waals surface area contributed by atoms with Crippen LogP contribution < -0.4 is 5.32 Å². The molecule has 4 rings (SSSR count). The molecule has 2 aromatic rings. The fourth-order valence-electron chi connectivity index (χ4n) is 2.86. The number of nitrogens with one attached hydrogen (secondary N) is 1. The van der Waals surface area contributed by atoms with Crippen molar-refractivity contribution in [2.75, 3.05) is 11.9 Å². The summed E-state index contributed by atoms with van der Waals surface area (Å²) in [7, 11) is 0. The van der Waals surface area contributed by atoms with Gasteiger partial charge >= 0.3 is 0 Å². The Morgan fingerprint density at radius 3 is 2.95 bits per heavy atom. The Balaban J connectivity index is 1.47. The van der Waals surface area contributed by atoms with E-state index in [9.17, 15) is 0 Å². The zero-order chi connectivity index (χ0) is 12.7. The summed E-state index contributed by atoms with van der Waals surface area (Å²) in [6, 6.07) is 8.86. The van der Waals surface area contributed by atoms with Crippen molar-refractivity contribution in [3.8, 4) is 0 Å². The molecule has 2 heterocycles. The van der Waals surface area contributed by atoms with Crippen LogP contribution in [-0.2, 0) is 4.74 Å². The monoisotopic (exact) mass is 274 g/mol. The number of hydrogen-bond acceptors (Lipinski definition) is 4. The summed E-state index contributed by atoms with van der Waals surface area (Å²) in [5.74, 6) is 0.833. The molecule has 4 heteroatoms. The summed E-state index contributed by atoms with van der Waals surface area (Å²) in [5, 5.41) is 4.67. The highest BCUT2D eigenvalue weighted by atomic mass is 32.1. The molecule has 2 fully saturated rings. The van der Waals surface area contributed by atoms with Gasteiger partial charge in [0, 0.05) is 12.6 Å². The lowest BCUT2D eigenvalue weighted by molar-refractivity contribution is -0.00218. The van der Waals surface area contributed by atoms with Crippen LogP contribution in [0.15, 0.2) is 24.3 Å². The maximum absolute atomic E-state index is 5.87. The Kier molecular flexibility index (Phi) is 2.93. The van der Waals surface area contributed by atoms with Gasteiger partial charge in [-0.25, -0.2) is 4.98 Å². The van der Waals surface area contributed by atoms with Crippen LogP contribution in [0.2, 0.25) is 0 Å². The molecular formula is C15H18N2OS. The van der Waals surface area contributed by atoms with Gasteiger partial charge in [0.15, 0.2) is 5.13 Å². The number of hydrogen-bond donors (Lipinski definition) is 1. The average molecular weight is 274 g/mol. The number of thiazole rings is 1. The van der Waals surface area contributed by atoms with Crippen LogP contribution in [-0.4, -0.2) is 23.7 Å². The third-order valence-corrected chi connectivity index (χ3v) is 5.05. The first-order valence-corrected chi connectivity index (χ1v) is 7.94. The topological polar surface area (TPSA) is 34.1 Å². The van der Waals surface area contributed by atoms with Crippen LogP contribution >= 0.6 is 11.3 Å². The molecule has 1 N–H and O–H groups in total. The number of fused-ring (bicyclic) bond motifs is 1. The lowest BCUT2D eigenvalue weighted by Gasteiger charge is -2.30. The first-order chi connectivity index (χ1) is 9.38. The molecule has 0 bridgehead atoms. The van der Waals surface area contributed by atoms with Crippen LogP contribution in [0.3, 0.4) is 0 Å².